The summed E-state index contributed by atoms with van der Waals surface area (Å²) in [6.45, 7) is 1.54. The third kappa shape index (κ3) is 1.40. The van der Waals surface area contributed by atoms with E-state index < -0.39 is 0 Å². The quantitative estimate of drug-likeness (QED) is 0.294. The molecule has 0 bridgehead atoms. The van der Waals surface area contributed by atoms with Crippen LogP contribution < -0.4 is 11.1 Å². The molecule has 1 saturated heterocycles. The molecule has 1 aliphatic rings. The lowest BCUT2D eigenvalue weighted by Crippen LogP contribution is -2.45. The molecule has 4 N–H and O–H groups in total. The first-order valence-electron chi connectivity index (χ1n) is 3.01. The summed E-state index contributed by atoms with van der Waals surface area (Å²) >= 11 is 0. The van der Waals surface area contributed by atoms with Crippen LogP contribution in [0.1, 0.15) is 6.42 Å². The zero-order valence-corrected chi connectivity index (χ0v) is 5.17. The fraction of sp³-hybridized carbons (Fsp3) is 0.800. The van der Waals surface area contributed by atoms with Crippen LogP contribution in [-0.2, 0) is 0 Å². The molecule has 0 aromatic heterocycles. The topological polar surface area (TPSA) is 70.6 Å². The smallest absolute Gasteiger partial charge is 0.0875 e. The highest BCUT2D eigenvalue weighted by molar-refractivity contribution is 5.91. The Kier molecular flexibility index (Phi) is 2.02. The molecule has 1 unspecified atom stereocenters. The van der Waals surface area contributed by atoms with Gasteiger partial charge in [-0.05, 0) is 13.0 Å². The van der Waals surface area contributed by atoms with Gasteiger partial charge in [0, 0.05) is 12.6 Å². The second-order valence-electron chi connectivity index (χ2n) is 2.16. The Bertz CT molecular complexity index is 123. The largest absolute Gasteiger partial charge is 0.411 e. The summed E-state index contributed by atoms with van der Waals surface area (Å²) in [7, 11) is 0. The van der Waals surface area contributed by atoms with Crippen LogP contribution in [0.5, 0.6) is 0 Å². The van der Waals surface area contributed by atoms with E-state index in [4.69, 9.17) is 10.9 Å². The van der Waals surface area contributed by atoms with Crippen LogP contribution in [0.4, 0.5) is 0 Å². The summed E-state index contributed by atoms with van der Waals surface area (Å²) in [6, 6.07) is -0.0451. The third-order valence-corrected chi connectivity index (χ3v) is 1.49. The molecule has 0 aromatic carbocycles. The Balaban J connectivity index is 2.49. The van der Waals surface area contributed by atoms with Crippen molar-refractivity contribution < 1.29 is 5.21 Å². The van der Waals surface area contributed by atoms with E-state index in [1.807, 2.05) is 0 Å². The maximum absolute atomic E-state index is 8.33. The number of oxime groups is 1. The lowest BCUT2D eigenvalue weighted by Gasteiger charge is -2.19. The molecule has 4 heteroatoms. The van der Waals surface area contributed by atoms with Gasteiger partial charge in [-0.1, -0.05) is 5.16 Å². The molecular weight excluding hydrogens is 118 g/mol. The highest BCUT2D eigenvalue weighted by Gasteiger charge is 2.15. The maximum Gasteiger partial charge on any atom is 0.0875 e. The predicted molar refractivity (Wildman–Crippen MR) is 34.7 cm³/mol. The van der Waals surface area contributed by atoms with Crippen molar-refractivity contribution in [3.63, 3.8) is 0 Å². The van der Waals surface area contributed by atoms with Crippen LogP contribution in [-0.4, -0.2) is 30.1 Å². The van der Waals surface area contributed by atoms with E-state index in [0.717, 1.165) is 13.0 Å². The van der Waals surface area contributed by atoms with Crippen LogP contribution in [0.2, 0.25) is 0 Å². The Morgan fingerprint density at radius 3 is 3.00 bits per heavy atom. The Morgan fingerprint density at radius 2 is 2.56 bits per heavy atom. The highest BCUT2D eigenvalue weighted by atomic mass is 16.4. The molecule has 0 radical (unpaired) electrons. The monoisotopic (exact) mass is 129 g/mol. The van der Waals surface area contributed by atoms with Gasteiger partial charge in [0.1, 0.15) is 0 Å². The van der Waals surface area contributed by atoms with E-state index in [1.165, 1.54) is 0 Å². The third-order valence-electron chi connectivity index (χ3n) is 1.49. The molecule has 1 atom stereocenters. The minimum Gasteiger partial charge on any atom is -0.411 e. The summed E-state index contributed by atoms with van der Waals surface area (Å²) in [5.41, 5.74) is 6.21. The number of nitrogens with zero attached hydrogens (tertiary/aromatic N) is 1. The average molecular weight is 129 g/mol. The number of nitrogens with one attached hydrogen (secondary N) is 1. The van der Waals surface area contributed by atoms with Gasteiger partial charge in [-0.15, -0.1) is 0 Å². The van der Waals surface area contributed by atoms with Gasteiger partial charge in [-0.25, -0.2) is 0 Å². The van der Waals surface area contributed by atoms with E-state index in [-0.39, 0.29) is 6.04 Å². The van der Waals surface area contributed by atoms with E-state index in [1.54, 1.807) is 0 Å². The van der Waals surface area contributed by atoms with Gasteiger partial charge in [-0.3, -0.25) is 0 Å². The van der Waals surface area contributed by atoms with Gasteiger partial charge in [0.25, 0.3) is 0 Å². The van der Waals surface area contributed by atoms with Gasteiger partial charge in [0.05, 0.1) is 5.71 Å². The first-order valence-corrected chi connectivity index (χ1v) is 3.01. The molecule has 1 rings (SSSR count). The zero-order valence-electron chi connectivity index (χ0n) is 5.17. The second kappa shape index (κ2) is 2.80. The van der Waals surface area contributed by atoms with E-state index in [2.05, 4.69) is 10.5 Å². The minimum absolute atomic E-state index is 0.0451. The summed E-state index contributed by atoms with van der Waals surface area (Å²) in [4.78, 5) is 0. The van der Waals surface area contributed by atoms with Crippen molar-refractivity contribution in [3.8, 4) is 0 Å². The number of hydrogen-bond acceptors (Lipinski definition) is 4. The Morgan fingerprint density at radius 1 is 1.78 bits per heavy atom. The number of hydrogen-bond donors (Lipinski definition) is 3. The fourth-order valence-electron chi connectivity index (χ4n) is 0.881. The SMILES string of the molecule is NC1CCNCC1=NO. The van der Waals surface area contributed by atoms with Gasteiger partial charge in [0.15, 0.2) is 0 Å². The first kappa shape index (κ1) is 6.51. The van der Waals surface area contributed by atoms with Gasteiger partial charge < -0.3 is 16.3 Å². The zero-order chi connectivity index (χ0) is 6.69. The van der Waals surface area contributed by atoms with Crippen molar-refractivity contribution in [2.24, 2.45) is 10.9 Å². The molecule has 1 fully saturated rings. The maximum atomic E-state index is 8.33. The normalized spacial score (nSPS) is 33.0. The van der Waals surface area contributed by atoms with Crippen LogP contribution in [0.25, 0.3) is 0 Å². The predicted octanol–water partition coefficient (Wildman–Crippen LogP) is -0.863. The molecule has 0 aromatic rings. The molecule has 0 spiro atoms. The summed E-state index contributed by atoms with van der Waals surface area (Å²) < 4.78 is 0. The van der Waals surface area contributed by atoms with E-state index in [9.17, 15) is 0 Å². The summed E-state index contributed by atoms with van der Waals surface area (Å²) in [5, 5.41) is 14.4. The molecular formula is C5H11N3O. The number of piperidine rings is 1. The van der Waals surface area contributed by atoms with Crippen molar-refractivity contribution in [3.05, 3.63) is 0 Å². The van der Waals surface area contributed by atoms with Crippen LogP contribution >= 0.6 is 0 Å². The minimum atomic E-state index is -0.0451. The van der Waals surface area contributed by atoms with Gasteiger partial charge in [-0.2, -0.15) is 0 Å². The fourth-order valence-corrected chi connectivity index (χ4v) is 0.881. The van der Waals surface area contributed by atoms with Crippen molar-refractivity contribution in [2.75, 3.05) is 13.1 Å². The van der Waals surface area contributed by atoms with Crippen LogP contribution in [0.3, 0.4) is 0 Å². The molecule has 4 nitrogen and oxygen atoms in total. The lowest BCUT2D eigenvalue weighted by atomic mass is 10.1. The molecule has 9 heavy (non-hydrogen) atoms. The molecule has 0 aliphatic carbocycles. The van der Waals surface area contributed by atoms with Crippen LogP contribution in [0, 0.1) is 0 Å². The Hall–Kier alpha value is -0.610. The van der Waals surface area contributed by atoms with Crippen molar-refractivity contribution in [1.82, 2.24) is 5.32 Å². The van der Waals surface area contributed by atoms with E-state index in [0.29, 0.717) is 12.3 Å². The lowest BCUT2D eigenvalue weighted by molar-refractivity contribution is 0.313. The molecule has 0 amide bonds. The average Bonchev–Trinajstić information content (AvgIpc) is 1.89. The highest BCUT2D eigenvalue weighted by Crippen LogP contribution is 1.95. The van der Waals surface area contributed by atoms with Crippen molar-refractivity contribution >= 4 is 5.71 Å². The van der Waals surface area contributed by atoms with Gasteiger partial charge >= 0.3 is 0 Å². The van der Waals surface area contributed by atoms with Gasteiger partial charge in [0.2, 0.25) is 0 Å². The molecule has 1 aliphatic heterocycles. The molecule has 1 heterocycles. The first-order chi connectivity index (χ1) is 4.34. The second-order valence-corrected chi connectivity index (χ2v) is 2.16. The molecule has 0 saturated carbocycles. The summed E-state index contributed by atoms with van der Waals surface area (Å²) in [6.07, 6.45) is 0.861. The van der Waals surface area contributed by atoms with Crippen molar-refractivity contribution in [1.29, 1.82) is 0 Å². The van der Waals surface area contributed by atoms with Crippen molar-refractivity contribution in [2.45, 2.75) is 12.5 Å². The van der Waals surface area contributed by atoms with Crippen LogP contribution in [0.15, 0.2) is 5.16 Å². The number of rotatable bonds is 0. The van der Waals surface area contributed by atoms with E-state index >= 15 is 0 Å². The Labute approximate surface area is 53.7 Å². The summed E-state index contributed by atoms with van der Waals surface area (Å²) in [5.74, 6) is 0. The number of nitrogens with two attached hydrogens (primary N) is 1. The standard InChI is InChI=1S/C5H11N3O/c6-4-1-2-7-3-5(4)8-9/h4,7,9H,1-3,6H2. The molecule has 52 valence electrons.